The minimum Gasteiger partial charge on any atom is -0.342 e. The predicted molar refractivity (Wildman–Crippen MR) is 96.7 cm³/mol. The molecular formula is C19H27N5O. The summed E-state index contributed by atoms with van der Waals surface area (Å²) in [7, 11) is 1.94. The first-order valence-corrected chi connectivity index (χ1v) is 8.98. The van der Waals surface area contributed by atoms with Crippen LogP contribution in [0.4, 0.5) is 0 Å². The van der Waals surface area contributed by atoms with Gasteiger partial charge in [0.2, 0.25) is 5.91 Å². The first-order chi connectivity index (χ1) is 12.1. The summed E-state index contributed by atoms with van der Waals surface area (Å²) in [5.74, 6) is 0.654. The molecule has 0 unspecified atom stereocenters. The molecule has 2 aromatic rings. The summed E-state index contributed by atoms with van der Waals surface area (Å²) < 4.78 is 1.71. The van der Waals surface area contributed by atoms with E-state index in [4.69, 9.17) is 0 Å². The molecule has 1 aliphatic heterocycles. The number of benzene rings is 1. The third kappa shape index (κ3) is 4.66. The number of aromatic nitrogens is 3. The van der Waals surface area contributed by atoms with Gasteiger partial charge in [-0.3, -0.25) is 14.4 Å². The fourth-order valence-electron chi connectivity index (χ4n) is 3.70. The van der Waals surface area contributed by atoms with Crippen molar-refractivity contribution in [2.75, 3.05) is 20.1 Å². The molecule has 1 fully saturated rings. The van der Waals surface area contributed by atoms with E-state index >= 15 is 0 Å². The van der Waals surface area contributed by atoms with Gasteiger partial charge in [-0.1, -0.05) is 37.3 Å². The zero-order chi connectivity index (χ0) is 17.6. The third-order valence-corrected chi connectivity index (χ3v) is 5.11. The highest BCUT2D eigenvalue weighted by Crippen LogP contribution is 2.23. The van der Waals surface area contributed by atoms with Crippen molar-refractivity contribution < 1.29 is 4.79 Å². The van der Waals surface area contributed by atoms with Gasteiger partial charge in [-0.25, -0.2) is 4.98 Å². The number of rotatable bonds is 6. The molecule has 0 saturated carbocycles. The van der Waals surface area contributed by atoms with Gasteiger partial charge < -0.3 is 4.90 Å². The van der Waals surface area contributed by atoms with Crippen molar-refractivity contribution in [3.63, 3.8) is 0 Å². The normalized spacial score (nSPS) is 21.2. The maximum absolute atomic E-state index is 12.5. The van der Waals surface area contributed by atoms with Gasteiger partial charge in [0.05, 0.1) is 6.54 Å². The van der Waals surface area contributed by atoms with Crippen LogP contribution in [0.25, 0.3) is 0 Å². The minimum atomic E-state index is 0.184. The highest BCUT2D eigenvalue weighted by atomic mass is 16.2. The fraction of sp³-hybridized carbons (Fsp3) is 0.526. The van der Waals surface area contributed by atoms with Crippen LogP contribution in [-0.2, 0) is 17.9 Å². The van der Waals surface area contributed by atoms with Crippen LogP contribution in [0.15, 0.2) is 43.0 Å². The van der Waals surface area contributed by atoms with E-state index in [-0.39, 0.29) is 5.91 Å². The number of carbonyl (C=O) groups excluding carboxylic acids is 1. The Morgan fingerprint density at radius 2 is 2.12 bits per heavy atom. The van der Waals surface area contributed by atoms with E-state index in [1.54, 1.807) is 11.0 Å². The van der Waals surface area contributed by atoms with Gasteiger partial charge in [0.15, 0.2) is 0 Å². The number of piperidine rings is 1. The Balaban J connectivity index is 1.49. The van der Waals surface area contributed by atoms with Crippen LogP contribution in [0, 0.1) is 5.92 Å². The second kappa shape index (κ2) is 8.25. The monoisotopic (exact) mass is 341 g/mol. The predicted octanol–water partition coefficient (Wildman–Crippen LogP) is 2.04. The van der Waals surface area contributed by atoms with Crippen molar-refractivity contribution in [3.05, 3.63) is 48.5 Å². The number of amides is 1. The van der Waals surface area contributed by atoms with Crippen molar-refractivity contribution in [1.29, 1.82) is 0 Å². The molecule has 1 aromatic heterocycles. The Labute approximate surface area is 149 Å². The molecule has 0 aliphatic carbocycles. The van der Waals surface area contributed by atoms with E-state index in [9.17, 15) is 4.79 Å². The van der Waals surface area contributed by atoms with Crippen LogP contribution < -0.4 is 0 Å². The lowest BCUT2D eigenvalue weighted by molar-refractivity contribution is -0.134. The summed E-state index contributed by atoms with van der Waals surface area (Å²) in [6.07, 6.45) is 4.65. The number of hydrogen-bond acceptors (Lipinski definition) is 4. The smallest absolute Gasteiger partial charge is 0.224 e. The Morgan fingerprint density at radius 1 is 1.32 bits per heavy atom. The van der Waals surface area contributed by atoms with E-state index in [0.29, 0.717) is 24.9 Å². The molecule has 0 spiro atoms. The lowest BCUT2D eigenvalue weighted by Gasteiger charge is -2.41. The number of aryl methyl sites for hydroxylation is 1. The molecule has 2 atom stereocenters. The SMILES string of the molecule is C[C@H]1CN(Cc2ccccc2)CC[C@@H]1N(C)C(=O)CCn1cncn1. The molecule has 2 heterocycles. The summed E-state index contributed by atoms with van der Waals surface area (Å²) in [5, 5.41) is 4.05. The molecule has 1 aliphatic rings. The standard InChI is InChI=1S/C19H27N5O/c1-16-12-23(13-17-6-4-3-5-7-17)10-8-18(16)22(2)19(25)9-11-24-15-20-14-21-24/h3-7,14-16,18H,8-13H2,1-2H3/t16-,18-/m0/s1. The van der Waals surface area contributed by atoms with Crippen molar-refractivity contribution in [3.8, 4) is 0 Å². The molecule has 1 amide bonds. The number of hydrogen-bond donors (Lipinski definition) is 0. The highest BCUT2D eigenvalue weighted by Gasteiger charge is 2.30. The van der Waals surface area contributed by atoms with Gasteiger partial charge in [0.1, 0.15) is 12.7 Å². The quantitative estimate of drug-likeness (QED) is 0.807. The molecule has 6 heteroatoms. The summed E-state index contributed by atoms with van der Waals surface area (Å²) in [5.41, 5.74) is 1.35. The van der Waals surface area contributed by atoms with E-state index < -0.39 is 0 Å². The van der Waals surface area contributed by atoms with Crippen LogP contribution in [0.1, 0.15) is 25.3 Å². The number of likely N-dealkylation sites (tertiary alicyclic amines) is 1. The Morgan fingerprint density at radius 3 is 2.80 bits per heavy atom. The van der Waals surface area contributed by atoms with E-state index in [2.05, 4.69) is 52.2 Å². The van der Waals surface area contributed by atoms with E-state index in [1.807, 2.05) is 11.9 Å². The Kier molecular flexibility index (Phi) is 5.81. The molecule has 0 N–H and O–H groups in total. The summed E-state index contributed by atoms with van der Waals surface area (Å²) in [4.78, 5) is 20.9. The Hall–Kier alpha value is -2.21. The maximum atomic E-state index is 12.5. The van der Waals surface area contributed by atoms with Crippen molar-refractivity contribution in [2.24, 2.45) is 5.92 Å². The molecule has 3 rings (SSSR count). The van der Waals surface area contributed by atoms with Gasteiger partial charge in [0.25, 0.3) is 0 Å². The number of carbonyl (C=O) groups is 1. The second-order valence-corrected chi connectivity index (χ2v) is 6.97. The molecule has 1 aromatic carbocycles. The van der Waals surface area contributed by atoms with Gasteiger partial charge in [0, 0.05) is 39.1 Å². The van der Waals surface area contributed by atoms with Crippen molar-refractivity contribution in [2.45, 2.75) is 38.9 Å². The molecule has 0 bridgehead atoms. The maximum Gasteiger partial charge on any atom is 0.224 e. The molecular weight excluding hydrogens is 314 g/mol. The number of nitrogens with zero attached hydrogens (tertiary/aromatic N) is 5. The molecule has 25 heavy (non-hydrogen) atoms. The second-order valence-electron chi connectivity index (χ2n) is 6.97. The van der Waals surface area contributed by atoms with Crippen LogP contribution in [0.3, 0.4) is 0 Å². The molecule has 0 radical (unpaired) electrons. The fourth-order valence-corrected chi connectivity index (χ4v) is 3.70. The molecule has 134 valence electrons. The van der Waals surface area contributed by atoms with Crippen molar-refractivity contribution in [1.82, 2.24) is 24.6 Å². The third-order valence-electron chi connectivity index (χ3n) is 5.11. The average molecular weight is 341 g/mol. The van der Waals surface area contributed by atoms with Gasteiger partial charge in [-0.15, -0.1) is 0 Å². The van der Waals surface area contributed by atoms with E-state index in [1.165, 1.54) is 11.9 Å². The highest BCUT2D eigenvalue weighted by molar-refractivity contribution is 5.76. The van der Waals surface area contributed by atoms with Crippen LogP contribution in [0.5, 0.6) is 0 Å². The van der Waals surface area contributed by atoms with Crippen LogP contribution in [-0.4, -0.2) is 56.7 Å². The minimum absolute atomic E-state index is 0.184. The zero-order valence-corrected chi connectivity index (χ0v) is 15.1. The average Bonchev–Trinajstić information content (AvgIpc) is 3.14. The van der Waals surface area contributed by atoms with Crippen molar-refractivity contribution >= 4 is 5.91 Å². The first kappa shape index (κ1) is 17.6. The largest absolute Gasteiger partial charge is 0.342 e. The zero-order valence-electron chi connectivity index (χ0n) is 15.1. The van der Waals surface area contributed by atoms with Gasteiger partial charge >= 0.3 is 0 Å². The molecule has 1 saturated heterocycles. The van der Waals surface area contributed by atoms with Gasteiger partial charge in [-0.2, -0.15) is 5.10 Å². The lowest BCUT2D eigenvalue weighted by Crippen LogP contribution is -2.50. The molecule has 6 nitrogen and oxygen atoms in total. The first-order valence-electron chi connectivity index (χ1n) is 8.98. The Bertz CT molecular complexity index is 658. The van der Waals surface area contributed by atoms with Gasteiger partial charge in [-0.05, 0) is 17.9 Å². The van der Waals surface area contributed by atoms with Crippen LogP contribution >= 0.6 is 0 Å². The lowest BCUT2D eigenvalue weighted by atomic mass is 9.92. The van der Waals surface area contributed by atoms with Crippen LogP contribution in [0.2, 0.25) is 0 Å². The topological polar surface area (TPSA) is 54.3 Å². The summed E-state index contributed by atoms with van der Waals surface area (Å²) in [6, 6.07) is 10.9. The summed E-state index contributed by atoms with van der Waals surface area (Å²) in [6.45, 7) is 5.89. The summed E-state index contributed by atoms with van der Waals surface area (Å²) >= 11 is 0. The van der Waals surface area contributed by atoms with E-state index in [0.717, 1.165) is 26.1 Å².